The molecule has 0 aliphatic rings. The molecule has 7 heteroatoms. The normalized spacial score (nSPS) is 11.1. The smallest absolute Gasteiger partial charge is 0.309 e. The van der Waals surface area contributed by atoms with E-state index in [0.29, 0.717) is 10.2 Å². The van der Waals surface area contributed by atoms with E-state index in [2.05, 4.69) is 31.0 Å². The monoisotopic (exact) mass is 334 g/mol. The molecule has 20 heavy (non-hydrogen) atoms. The van der Waals surface area contributed by atoms with Crippen LogP contribution in [0.3, 0.4) is 0 Å². The number of aliphatic carboxylic acids is 1. The highest BCUT2D eigenvalue weighted by molar-refractivity contribution is 9.10. The van der Waals surface area contributed by atoms with Gasteiger partial charge in [0.25, 0.3) is 0 Å². The lowest BCUT2D eigenvalue weighted by molar-refractivity contribution is -0.136. The van der Waals surface area contributed by atoms with Crippen molar-refractivity contribution in [1.82, 2.24) is 19.7 Å². The van der Waals surface area contributed by atoms with Gasteiger partial charge in [0.15, 0.2) is 0 Å². The van der Waals surface area contributed by atoms with Crippen LogP contribution in [0.15, 0.2) is 29.0 Å². The highest BCUT2D eigenvalue weighted by atomic mass is 79.9. The first-order valence-corrected chi connectivity index (χ1v) is 6.72. The van der Waals surface area contributed by atoms with Crippen molar-refractivity contribution in [3.05, 3.63) is 34.7 Å². The number of aryl methyl sites for hydroxylation is 1. The Labute approximate surface area is 122 Å². The van der Waals surface area contributed by atoms with Crippen LogP contribution in [-0.2, 0) is 18.3 Å². The van der Waals surface area contributed by atoms with Gasteiger partial charge in [0.05, 0.1) is 39.6 Å². The van der Waals surface area contributed by atoms with E-state index in [1.807, 2.05) is 18.2 Å². The number of benzene rings is 1. The molecule has 2 heterocycles. The zero-order valence-corrected chi connectivity index (χ0v) is 12.2. The van der Waals surface area contributed by atoms with E-state index in [1.165, 1.54) is 0 Å². The van der Waals surface area contributed by atoms with Crippen LogP contribution in [0.4, 0.5) is 0 Å². The number of fused-ring (bicyclic) bond motifs is 1. The topological polar surface area (TPSA) is 83.8 Å². The summed E-state index contributed by atoms with van der Waals surface area (Å²) in [7, 11) is 1.79. The van der Waals surface area contributed by atoms with E-state index in [-0.39, 0.29) is 6.42 Å². The third-order valence-electron chi connectivity index (χ3n) is 3.07. The SMILES string of the molecule is Cn1nc(CC(=O)O)c(Br)c1-c1ccc2nc[nH]c2c1. The number of carboxylic acid groups (broad SMARTS) is 1. The fourth-order valence-electron chi connectivity index (χ4n) is 2.21. The minimum Gasteiger partial charge on any atom is -0.481 e. The number of nitrogens with one attached hydrogen (secondary N) is 1. The first-order valence-electron chi connectivity index (χ1n) is 5.93. The molecular weight excluding hydrogens is 324 g/mol. The van der Waals surface area contributed by atoms with E-state index in [9.17, 15) is 4.79 Å². The van der Waals surface area contributed by atoms with Gasteiger partial charge in [0.1, 0.15) is 0 Å². The Morgan fingerprint density at radius 3 is 3.05 bits per heavy atom. The van der Waals surface area contributed by atoms with Crippen molar-refractivity contribution in [2.45, 2.75) is 6.42 Å². The molecule has 102 valence electrons. The van der Waals surface area contributed by atoms with Crippen molar-refractivity contribution >= 4 is 32.9 Å². The first-order chi connectivity index (χ1) is 9.56. The van der Waals surface area contributed by atoms with Gasteiger partial charge in [-0.2, -0.15) is 5.10 Å². The Morgan fingerprint density at radius 1 is 1.50 bits per heavy atom. The van der Waals surface area contributed by atoms with Crippen molar-refractivity contribution in [1.29, 1.82) is 0 Å². The minimum atomic E-state index is -0.903. The van der Waals surface area contributed by atoms with Gasteiger partial charge < -0.3 is 10.1 Å². The summed E-state index contributed by atoms with van der Waals surface area (Å²) in [6.07, 6.45) is 1.53. The van der Waals surface area contributed by atoms with Gasteiger partial charge in [-0.15, -0.1) is 0 Å². The van der Waals surface area contributed by atoms with Gasteiger partial charge in [-0.05, 0) is 28.1 Å². The number of carbonyl (C=O) groups is 1. The average Bonchev–Trinajstić information content (AvgIpc) is 2.94. The predicted octanol–water partition coefficient (Wildman–Crippen LogP) is 2.35. The van der Waals surface area contributed by atoms with Gasteiger partial charge in [-0.3, -0.25) is 9.48 Å². The summed E-state index contributed by atoms with van der Waals surface area (Å²) in [4.78, 5) is 18.1. The molecule has 0 spiro atoms. The lowest BCUT2D eigenvalue weighted by atomic mass is 10.1. The maximum absolute atomic E-state index is 10.8. The van der Waals surface area contributed by atoms with Gasteiger partial charge >= 0.3 is 5.97 Å². The zero-order valence-electron chi connectivity index (χ0n) is 10.6. The number of halogens is 1. The third-order valence-corrected chi connectivity index (χ3v) is 3.90. The average molecular weight is 335 g/mol. The molecule has 2 N–H and O–H groups in total. The molecule has 0 saturated carbocycles. The van der Waals surface area contributed by atoms with E-state index >= 15 is 0 Å². The highest BCUT2D eigenvalue weighted by Gasteiger charge is 2.17. The van der Waals surface area contributed by atoms with Crippen molar-refractivity contribution in [2.24, 2.45) is 7.05 Å². The molecule has 6 nitrogen and oxygen atoms in total. The maximum Gasteiger partial charge on any atom is 0.309 e. The van der Waals surface area contributed by atoms with Crippen LogP contribution in [0, 0.1) is 0 Å². The molecule has 0 radical (unpaired) electrons. The maximum atomic E-state index is 10.8. The molecular formula is C13H11BrN4O2. The van der Waals surface area contributed by atoms with Crippen LogP contribution in [-0.4, -0.2) is 30.8 Å². The largest absolute Gasteiger partial charge is 0.481 e. The molecule has 1 aromatic carbocycles. The Morgan fingerprint density at radius 2 is 2.30 bits per heavy atom. The zero-order chi connectivity index (χ0) is 14.3. The molecule has 0 fully saturated rings. The molecule has 3 aromatic rings. The second kappa shape index (κ2) is 4.75. The molecule has 0 saturated heterocycles. The number of aromatic amines is 1. The number of carboxylic acids is 1. The second-order valence-corrected chi connectivity index (χ2v) is 5.23. The molecule has 0 atom stereocenters. The number of hydrogen-bond donors (Lipinski definition) is 2. The predicted molar refractivity (Wildman–Crippen MR) is 77.3 cm³/mol. The minimum absolute atomic E-state index is 0.110. The summed E-state index contributed by atoms with van der Waals surface area (Å²) in [6.45, 7) is 0. The number of rotatable bonds is 3. The van der Waals surface area contributed by atoms with Crippen molar-refractivity contribution in [2.75, 3.05) is 0 Å². The summed E-state index contributed by atoms with van der Waals surface area (Å²) >= 11 is 3.45. The summed E-state index contributed by atoms with van der Waals surface area (Å²) in [6, 6.07) is 5.82. The van der Waals surface area contributed by atoms with Crippen LogP contribution in [0.2, 0.25) is 0 Å². The van der Waals surface area contributed by atoms with Gasteiger partial charge in [0, 0.05) is 12.6 Å². The summed E-state index contributed by atoms with van der Waals surface area (Å²) < 4.78 is 2.39. The second-order valence-electron chi connectivity index (χ2n) is 4.44. The van der Waals surface area contributed by atoms with Crippen LogP contribution >= 0.6 is 15.9 Å². The summed E-state index contributed by atoms with van der Waals surface area (Å²) in [5.74, 6) is -0.903. The standard InChI is InChI=1S/C13H11BrN4O2/c1-18-13(12(14)10(17-18)5-11(19)20)7-2-3-8-9(4-7)16-6-15-8/h2-4,6H,5H2,1H3,(H,15,16)(H,19,20). The summed E-state index contributed by atoms with van der Waals surface area (Å²) in [5, 5.41) is 13.1. The van der Waals surface area contributed by atoms with Crippen LogP contribution in [0.1, 0.15) is 5.69 Å². The fraction of sp³-hybridized carbons (Fsp3) is 0.154. The van der Waals surface area contributed by atoms with E-state index < -0.39 is 5.97 Å². The van der Waals surface area contributed by atoms with Crippen molar-refractivity contribution < 1.29 is 9.90 Å². The molecule has 0 aliphatic carbocycles. The summed E-state index contributed by atoms with van der Waals surface area (Å²) in [5.41, 5.74) is 4.12. The number of H-pyrrole nitrogens is 1. The number of hydrogen-bond acceptors (Lipinski definition) is 3. The molecule has 0 unspecified atom stereocenters. The molecule has 0 amide bonds. The number of imidazole rings is 1. The number of aromatic nitrogens is 4. The van der Waals surface area contributed by atoms with E-state index in [0.717, 1.165) is 22.3 Å². The van der Waals surface area contributed by atoms with Crippen LogP contribution in [0.5, 0.6) is 0 Å². The lowest BCUT2D eigenvalue weighted by Crippen LogP contribution is -2.02. The Bertz CT molecular complexity index is 806. The lowest BCUT2D eigenvalue weighted by Gasteiger charge is -2.03. The fourth-order valence-corrected chi connectivity index (χ4v) is 2.91. The molecule has 3 rings (SSSR count). The van der Waals surface area contributed by atoms with Crippen LogP contribution < -0.4 is 0 Å². The third kappa shape index (κ3) is 2.09. The van der Waals surface area contributed by atoms with Gasteiger partial charge in [0.2, 0.25) is 0 Å². The molecule has 0 bridgehead atoms. The van der Waals surface area contributed by atoms with Crippen LogP contribution in [0.25, 0.3) is 22.3 Å². The Kier molecular flexibility index (Phi) is 3.06. The van der Waals surface area contributed by atoms with E-state index in [1.54, 1.807) is 18.1 Å². The van der Waals surface area contributed by atoms with E-state index in [4.69, 9.17) is 5.11 Å². The first kappa shape index (κ1) is 12.9. The Balaban J connectivity index is 2.13. The van der Waals surface area contributed by atoms with Crippen molar-refractivity contribution in [3.8, 4) is 11.3 Å². The quantitative estimate of drug-likeness (QED) is 0.770. The van der Waals surface area contributed by atoms with Gasteiger partial charge in [-0.1, -0.05) is 6.07 Å². The van der Waals surface area contributed by atoms with Gasteiger partial charge in [-0.25, -0.2) is 4.98 Å². The molecule has 2 aromatic heterocycles. The van der Waals surface area contributed by atoms with Crippen molar-refractivity contribution in [3.63, 3.8) is 0 Å². The number of nitrogens with zero attached hydrogens (tertiary/aromatic N) is 3. The highest BCUT2D eigenvalue weighted by Crippen LogP contribution is 2.32. The Hall–Kier alpha value is -2.15. The molecule has 0 aliphatic heterocycles.